The van der Waals surface area contributed by atoms with E-state index in [1.165, 1.54) is 5.01 Å². The summed E-state index contributed by atoms with van der Waals surface area (Å²) in [4.78, 5) is 29.2. The first-order chi connectivity index (χ1) is 16.1. The Labute approximate surface area is 204 Å². The SMILES string of the molecule is CCc1nc2ccc(Cl)cn2c1C(=O)NCc1ccc(N(N)CCNC(=O)OC(C)(C)C)cc1. The third-order valence-corrected chi connectivity index (χ3v) is 5.17. The molecule has 34 heavy (non-hydrogen) atoms. The number of benzene rings is 1. The molecule has 1 aromatic carbocycles. The number of aromatic nitrogens is 2. The minimum atomic E-state index is -0.548. The average Bonchev–Trinajstić information content (AvgIpc) is 3.14. The van der Waals surface area contributed by atoms with Crippen molar-refractivity contribution >= 4 is 34.9 Å². The number of pyridine rings is 1. The van der Waals surface area contributed by atoms with Gasteiger partial charge in [-0.3, -0.25) is 9.20 Å². The van der Waals surface area contributed by atoms with E-state index in [-0.39, 0.29) is 5.91 Å². The molecule has 182 valence electrons. The van der Waals surface area contributed by atoms with Crippen LogP contribution >= 0.6 is 11.6 Å². The number of carbonyl (C=O) groups excluding carboxylic acids is 2. The van der Waals surface area contributed by atoms with Crippen molar-refractivity contribution in [2.75, 3.05) is 18.1 Å². The molecule has 0 saturated carbocycles. The Morgan fingerprint density at radius 1 is 1.15 bits per heavy atom. The molecule has 9 nitrogen and oxygen atoms in total. The number of amides is 2. The predicted molar refractivity (Wildman–Crippen MR) is 133 cm³/mol. The zero-order valence-electron chi connectivity index (χ0n) is 19.9. The van der Waals surface area contributed by atoms with Crippen LogP contribution in [0.15, 0.2) is 42.6 Å². The van der Waals surface area contributed by atoms with E-state index in [9.17, 15) is 9.59 Å². The van der Waals surface area contributed by atoms with Crippen molar-refractivity contribution in [3.05, 3.63) is 64.6 Å². The number of fused-ring (bicyclic) bond motifs is 1. The fourth-order valence-electron chi connectivity index (χ4n) is 3.35. The van der Waals surface area contributed by atoms with Gasteiger partial charge in [0.1, 0.15) is 16.9 Å². The summed E-state index contributed by atoms with van der Waals surface area (Å²) in [5.74, 6) is 5.87. The first-order valence-electron chi connectivity index (χ1n) is 11.1. The minimum Gasteiger partial charge on any atom is -0.444 e. The molecule has 0 atom stereocenters. The summed E-state index contributed by atoms with van der Waals surface area (Å²) in [5, 5.41) is 7.70. The van der Waals surface area contributed by atoms with Gasteiger partial charge < -0.3 is 20.4 Å². The van der Waals surface area contributed by atoms with Gasteiger partial charge in [0.15, 0.2) is 0 Å². The van der Waals surface area contributed by atoms with Crippen molar-refractivity contribution in [1.82, 2.24) is 20.0 Å². The number of imidazole rings is 1. The fourth-order valence-corrected chi connectivity index (χ4v) is 3.51. The van der Waals surface area contributed by atoms with Gasteiger partial charge in [0.25, 0.3) is 5.91 Å². The monoisotopic (exact) mass is 486 g/mol. The van der Waals surface area contributed by atoms with Crippen molar-refractivity contribution in [1.29, 1.82) is 0 Å². The van der Waals surface area contributed by atoms with Gasteiger partial charge in [-0.1, -0.05) is 30.7 Å². The molecule has 0 spiro atoms. The molecule has 2 heterocycles. The number of nitrogens with zero attached hydrogens (tertiary/aromatic N) is 3. The number of carbonyl (C=O) groups is 2. The summed E-state index contributed by atoms with van der Waals surface area (Å²) in [7, 11) is 0. The molecule has 0 bridgehead atoms. The Kier molecular flexibility index (Phi) is 8.01. The summed E-state index contributed by atoms with van der Waals surface area (Å²) in [5.41, 5.74) is 3.04. The summed E-state index contributed by atoms with van der Waals surface area (Å²) >= 11 is 6.11. The Morgan fingerprint density at radius 3 is 2.50 bits per heavy atom. The first-order valence-corrected chi connectivity index (χ1v) is 11.5. The van der Waals surface area contributed by atoms with Gasteiger partial charge in [-0.15, -0.1) is 0 Å². The highest BCUT2D eigenvalue weighted by atomic mass is 35.5. The number of nitrogens with one attached hydrogen (secondary N) is 2. The second-order valence-corrected chi connectivity index (χ2v) is 9.24. The van der Waals surface area contributed by atoms with E-state index in [1.54, 1.807) is 22.7 Å². The molecule has 0 fully saturated rings. The Morgan fingerprint density at radius 2 is 1.85 bits per heavy atom. The molecular weight excluding hydrogens is 456 g/mol. The summed E-state index contributed by atoms with van der Waals surface area (Å²) in [6.45, 7) is 8.48. The maximum atomic E-state index is 12.9. The number of hydrogen-bond donors (Lipinski definition) is 3. The smallest absolute Gasteiger partial charge is 0.407 e. The molecule has 4 N–H and O–H groups in total. The number of ether oxygens (including phenoxy) is 1. The van der Waals surface area contributed by atoms with Crippen molar-refractivity contribution in [3.8, 4) is 0 Å². The van der Waals surface area contributed by atoms with E-state index < -0.39 is 11.7 Å². The number of rotatable bonds is 8. The zero-order chi connectivity index (χ0) is 24.9. The number of anilines is 1. The number of hydrazine groups is 1. The topological polar surface area (TPSA) is 114 Å². The molecule has 3 aromatic rings. The van der Waals surface area contributed by atoms with Crippen LogP contribution in [0.2, 0.25) is 5.02 Å². The third kappa shape index (κ3) is 6.61. The standard InChI is InChI=1S/C24H31ClN6O3/c1-5-19-21(30-15-17(25)8-11-20(30)29-19)22(32)28-14-16-6-9-18(10-7-16)31(26)13-12-27-23(33)34-24(2,3)4/h6-11,15H,5,12-14,26H2,1-4H3,(H,27,33)(H,28,32). The van der Waals surface area contributed by atoms with Crippen LogP contribution in [0.5, 0.6) is 0 Å². The van der Waals surface area contributed by atoms with E-state index in [1.807, 2.05) is 52.0 Å². The fraction of sp³-hybridized carbons (Fsp3) is 0.375. The number of hydrogen-bond acceptors (Lipinski definition) is 6. The summed E-state index contributed by atoms with van der Waals surface area (Å²) in [6.07, 6.45) is 1.85. The van der Waals surface area contributed by atoms with Crippen LogP contribution in [-0.2, 0) is 17.7 Å². The van der Waals surface area contributed by atoms with E-state index in [0.29, 0.717) is 48.1 Å². The van der Waals surface area contributed by atoms with Crippen molar-refractivity contribution in [2.45, 2.75) is 46.3 Å². The maximum Gasteiger partial charge on any atom is 0.407 e. The van der Waals surface area contributed by atoms with Crippen LogP contribution < -0.4 is 21.5 Å². The Balaban J connectivity index is 1.55. The quantitative estimate of drug-likeness (QED) is 0.330. The van der Waals surface area contributed by atoms with Crippen LogP contribution in [-0.4, -0.2) is 40.1 Å². The molecule has 0 radical (unpaired) electrons. The number of alkyl carbamates (subject to hydrolysis) is 1. The first kappa shape index (κ1) is 25.3. The lowest BCUT2D eigenvalue weighted by Crippen LogP contribution is -2.40. The molecular formula is C24H31ClN6O3. The van der Waals surface area contributed by atoms with Gasteiger partial charge in [-0.25, -0.2) is 15.6 Å². The van der Waals surface area contributed by atoms with Crippen molar-refractivity contribution in [3.63, 3.8) is 0 Å². The third-order valence-electron chi connectivity index (χ3n) is 4.95. The second kappa shape index (κ2) is 10.8. The molecule has 0 unspecified atom stereocenters. The van der Waals surface area contributed by atoms with E-state index in [0.717, 1.165) is 11.3 Å². The maximum absolute atomic E-state index is 12.9. The molecule has 0 aliphatic heterocycles. The van der Waals surface area contributed by atoms with Gasteiger partial charge in [0.2, 0.25) is 0 Å². The summed E-state index contributed by atoms with van der Waals surface area (Å²) < 4.78 is 6.92. The number of halogens is 1. The van der Waals surface area contributed by atoms with Gasteiger partial charge >= 0.3 is 6.09 Å². The lowest BCUT2D eigenvalue weighted by Gasteiger charge is -2.22. The molecule has 0 saturated heterocycles. The van der Waals surface area contributed by atoms with Crippen LogP contribution in [0.4, 0.5) is 10.5 Å². The highest BCUT2D eigenvalue weighted by molar-refractivity contribution is 6.30. The minimum absolute atomic E-state index is 0.218. The summed E-state index contributed by atoms with van der Waals surface area (Å²) in [6, 6.07) is 11.0. The van der Waals surface area contributed by atoms with Gasteiger partial charge in [-0.2, -0.15) is 0 Å². The van der Waals surface area contributed by atoms with Crippen molar-refractivity contribution in [2.24, 2.45) is 5.84 Å². The largest absolute Gasteiger partial charge is 0.444 e. The normalized spacial score (nSPS) is 11.4. The van der Waals surface area contributed by atoms with Gasteiger partial charge in [0, 0.05) is 19.3 Å². The van der Waals surface area contributed by atoms with Crippen LogP contribution in [0.1, 0.15) is 49.4 Å². The Bertz CT molecular complexity index is 1150. The van der Waals surface area contributed by atoms with Gasteiger partial charge in [0.05, 0.1) is 22.9 Å². The number of aryl methyl sites for hydroxylation is 1. The van der Waals surface area contributed by atoms with Crippen LogP contribution in [0.3, 0.4) is 0 Å². The van der Waals surface area contributed by atoms with E-state index >= 15 is 0 Å². The number of nitrogens with two attached hydrogens (primary N) is 1. The average molecular weight is 487 g/mol. The highest BCUT2D eigenvalue weighted by Gasteiger charge is 2.18. The van der Waals surface area contributed by atoms with E-state index in [2.05, 4.69) is 15.6 Å². The lowest BCUT2D eigenvalue weighted by atomic mass is 10.2. The van der Waals surface area contributed by atoms with E-state index in [4.69, 9.17) is 22.2 Å². The Hall–Kier alpha value is -3.30. The highest BCUT2D eigenvalue weighted by Crippen LogP contribution is 2.18. The molecule has 2 aromatic heterocycles. The van der Waals surface area contributed by atoms with Crippen LogP contribution in [0.25, 0.3) is 5.65 Å². The van der Waals surface area contributed by atoms with Crippen molar-refractivity contribution < 1.29 is 14.3 Å². The van der Waals surface area contributed by atoms with Crippen LogP contribution in [0, 0.1) is 0 Å². The molecule has 3 rings (SSSR count). The molecule has 2 amide bonds. The molecule has 10 heteroatoms. The van der Waals surface area contributed by atoms with Gasteiger partial charge in [-0.05, 0) is 57.0 Å². The second-order valence-electron chi connectivity index (χ2n) is 8.81. The predicted octanol–water partition coefficient (Wildman–Crippen LogP) is 3.68. The molecule has 0 aliphatic rings. The lowest BCUT2D eigenvalue weighted by molar-refractivity contribution is 0.0529. The zero-order valence-corrected chi connectivity index (χ0v) is 20.6. The molecule has 0 aliphatic carbocycles.